The second-order valence-corrected chi connectivity index (χ2v) is 14.6. The summed E-state index contributed by atoms with van der Waals surface area (Å²) in [5.41, 5.74) is 5.99. The normalized spacial score (nSPS) is 11.9. The average Bonchev–Trinajstić information content (AvgIpc) is 3.27. The third-order valence-electron chi connectivity index (χ3n) is 11.4. The molecule has 258 valence electrons. The van der Waals surface area contributed by atoms with Crippen molar-refractivity contribution in [1.29, 1.82) is 0 Å². The molecular formula is C52H30N4. The lowest BCUT2D eigenvalue weighted by atomic mass is 9.87. The summed E-state index contributed by atoms with van der Waals surface area (Å²) in [7, 11) is 0. The first kappa shape index (κ1) is 30.9. The first-order chi connectivity index (χ1) is 27.7. The van der Waals surface area contributed by atoms with Crippen LogP contribution >= 0.6 is 0 Å². The van der Waals surface area contributed by atoms with Crippen LogP contribution in [0.4, 0.5) is 0 Å². The largest absolute Gasteiger partial charge is 0.256 e. The van der Waals surface area contributed by atoms with E-state index < -0.39 is 0 Å². The molecule has 0 saturated heterocycles. The van der Waals surface area contributed by atoms with E-state index in [1.807, 2.05) is 30.5 Å². The minimum absolute atomic E-state index is 0.627. The Bertz CT molecular complexity index is 3530. The van der Waals surface area contributed by atoms with E-state index in [4.69, 9.17) is 15.0 Å². The third-order valence-corrected chi connectivity index (χ3v) is 11.4. The summed E-state index contributed by atoms with van der Waals surface area (Å²) in [6.07, 6.45) is 1.83. The van der Waals surface area contributed by atoms with Crippen molar-refractivity contribution in [3.8, 4) is 45.3 Å². The molecule has 0 amide bonds. The van der Waals surface area contributed by atoms with Gasteiger partial charge in [-0.05, 0) is 112 Å². The van der Waals surface area contributed by atoms with Gasteiger partial charge in [-0.25, -0.2) is 15.0 Å². The molecule has 0 aliphatic heterocycles. The predicted molar refractivity (Wildman–Crippen MR) is 233 cm³/mol. The molecule has 0 radical (unpaired) electrons. The maximum absolute atomic E-state index is 5.28. The van der Waals surface area contributed by atoms with Crippen LogP contribution in [0.15, 0.2) is 182 Å². The number of hydrogen-bond donors (Lipinski definition) is 0. The molecule has 2 aromatic heterocycles. The number of nitrogens with zero attached hydrogens (tertiary/aromatic N) is 4. The van der Waals surface area contributed by atoms with E-state index in [-0.39, 0.29) is 0 Å². The van der Waals surface area contributed by atoms with Gasteiger partial charge in [0.2, 0.25) is 0 Å². The molecule has 0 spiro atoms. The quantitative estimate of drug-likeness (QED) is 0.171. The van der Waals surface area contributed by atoms with Gasteiger partial charge < -0.3 is 0 Å². The molecule has 56 heavy (non-hydrogen) atoms. The van der Waals surface area contributed by atoms with Crippen molar-refractivity contribution in [3.63, 3.8) is 0 Å². The first-order valence-corrected chi connectivity index (χ1v) is 19.0. The fraction of sp³-hybridized carbons (Fsp3) is 0. The van der Waals surface area contributed by atoms with Crippen LogP contribution in [0.1, 0.15) is 0 Å². The maximum atomic E-state index is 5.28. The number of fused-ring (bicyclic) bond motifs is 3. The van der Waals surface area contributed by atoms with Crippen molar-refractivity contribution < 1.29 is 0 Å². The zero-order valence-electron chi connectivity index (χ0n) is 30.1. The fourth-order valence-electron chi connectivity index (χ4n) is 8.86. The van der Waals surface area contributed by atoms with Gasteiger partial charge in [-0.3, -0.25) is 4.98 Å². The highest BCUT2D eigenvalue weighted by Crippen LogP contribution is 2.44. The molecule has 4 nitrogen and oxygen atoms in total. The predicted octanol–water partition coefficient (Wildman–Crippen LogP) is 13.4. The highest BCUT2D eigenvalue weighted by atomic mass is 15.0. The number of pyridine rings is 1. The Morgan fingerprint density at radius 3 is 1.46 bits per heavy atom. The van der Waals surface area contributed by atoms with Crippen LogP contribution in [0, 0.1) is 0 Å². The van der Waals surface area contributed by atoms with Gasteiger partial charge in [-0.15, -0.1) is 0 Å². The minimum Gasteiger partial charge on any atom is -0.256 e. The molecule has 0 atom stereocenters. The summed E-state index contributed by atoms with van der Waals surface area (Å²) in [5.74, 6) is 1.90. The molecule has 2 heterocycles. The molecule has 10 aromatic carbocycles. The van der Waals surface area contributed by atoms with Gasteiger partial charge in [0.05, 0.1) is 5.52 Å². The lowest BCUT2D eigenvalue weighted by Gasteiger charge is -2.17. The average molecular weight is 711 g/mol. The van der Waals surface area contributed by atoms with Gasteiger partial charge in [-0.2, -0.15) is 0 Å². The summed E-state index contributed by atoms with van der Waals surface area (Å²) in [6, 6.07) is 62.9. The van der Waals surface area contributed by atoms with Crippen LogP contribution < -0.4 is 0 Å². The molecule has 12 aromatic rings. The number of rotatable bonds is 4. The lowest BCUT2D eigenvalue weighted by molar-refractivity contribution is 1.07. The van der Waals surface area contributed by atoms with Crippen molar-refractivity contribution in [2.24, 2.45) is 0 Å². The molecule has 0 N–H and O–H groups in total. The summed E-state index contributed by atoms with van der Waals surface area (Å²) in [4.78, 5) is 20.1. The highest BCUT2D eigenvalue weighted by molar-refractivity contribution is 6.37. The summed E-state index contributed by atoms with van der Waals surface area (Å²) in [6.45, 7) is 0. The molecule has 4 heteroatoms. The maximum Gasteiger partial charge on any atom is 0.164 e. The van der Waals surface area contributed by atoms with Gasteiger partial charge in [-0.1, -0.05) is 140 Å². The van der Waals surface area contributed by atoms with E-state index in [1.54, 1.807) is 0 Å². The minimum atomic E-state index is 0.627. The topological polar surface area (TPSA) is 51.6 Å². The van der Waals surface area contributed by atoms with Crippen molar-refractivity contribution in [1.82, 2.24) is 19.9 Å². The summed E-state index contributed by atoms with van der Waals surface area (Å²) >= 11 is 0. The van der Waals surface area contributed by atoms with Gasteiger partial charge in [0.1, 0.15) is 0 Å². The van der Waals surface area contributed by atoms with Crippen molar-refractivity contribution in [3.05, 3.63) is 182 Å². The molecular weight excluding hydrogens is 681 g/mol. The van der Waals surface area contributed by atoms with E-state index in [0.29, 0.717) is 17.5 Å². The lowest BCUT2D eigenvalue weighted by Crippen LogP contribution is -2.00. The third kappa shape index (κ3) is 4.73. The van der Waals surface area contributed by atoms with Gasteiger partial charge >= 0.3 is 0 Å². The number of aromatic nitrogens is 4. The Labute approximate surface area is 321 Å². The van der Waals surface area contributed by atoms with Crippen LogP contribution in [-0.4, -0.2) is 19.9 Å². The second kappa shape index (κ2) is 12.0. The first-order valence-electron chi connectivity index (χ1n) is 19.0. The van der Waals surface area contributed by atoms with Gasteiger partial charge in [0.15, 0.2) is 17.5 Å². The van der Waals surface area contributed by atoms with E-state index in [2.05, 4.69) is 157 Å². The number of hydrogen-bond acceptors (Lipinski definition) is 4. The Kier molecular flexibility index (Phi) is 6.60. The van der Waals surface area contributed by atoms with Crippen LogP contribution in [0.3, 0.4) is 0 Å². The molecule has 0 fully saturated rings. The van der Waals surface area contributed by atoms with E-state index in [9.17, 15) is 0 Å². The van der Waals surface area contributed by atoms with Crippen LogP contribution in [0.5, 0.6) is 0 Å². The van der Waals surface area contributed by atoms with Crippen molar-refractivity contribution in [2.75, 3.05) is 0 Å². The van der Waals surface area contributed by atoms with E-state index >= 15 is 0 Å². The van der Waals surface area contributed by atoms with Crippen molar-refractivity contribution in [2.45, 2.75) is 0 Å². The number of benzene rings is 9. The van der Waals surface area contributed by atoms with Crippen LogP contribution in [-0.2, 0) is 0 Å². The molecule has 0 aliphatic rings. The Hall–Kier alpha value is -7.56. The molecule has 0 saturated carbocycles. The van der Waals surface area contributed by atoms with Crippen LogP contribution in [0.25, 0.3) is 121 Å². The smallest absolute Gasteiger partial charge is 0.164 e. The Morgan fingerprint density at radius 2 is 0.768 bits per heavy atom. The monoisotopic (exact) mass is 710 g/mol. The zero-order valence-corrected chi connectivity index (χ0v) is 30.1. The highest BCUT2D eigenvalue weighted by Gasteiger charge is 2.19. The SMILES string of the molecule is c1ccc(-c2nc(-c3cccc(-c4ccc5ncccc5c4)c3)nc(-c3cc4ccc5cccc6c7cccc8ccc9cccc(c(c3)c4c56)c9c87)n2)cc1. The zero-order chi connectivity index (χ0) is 36.7. The fourth-order valence-corrected chi connectivity index (χ4v) is 8.86. The van der Waals surface area contributed by atoms with Gasteiger partial charge in [0, 0.05) is 28.3 Å². The standard InChI is InChI=1S/C52H30N4/c1-2-9-34(10-3-1)50-54-51(39-15-4-14-35(28-39)36-24-25-45-37(27-36)16-8-26-53-45)56-52(55-50)40-29-38-23-22-33-12-6-18-42-41-17-5-11-31-20-21-32-13-7-19-43(48(32)46(31)41)44(30-40)49(38)47(33)42/h1-30H. The van der Waals surface area contributed by atoms with E-state index in [0.717, 1.165) is 44.1 Å². The molecule has 12 rings (SSSR count). The van der Waals surface area contributed by atoms with Gasteiger partial charge in [0.25, 0.3) is 0 Å². The van der Waals surface area contributed by atoms with Crippen LogP contribution in [0.2, 0.25) is 0 Å². The molecule has 0 unspecified atom stereocenters. The second-order valence-electron chi connectivity index (χ2n) is 14.6. The summed E-state index contributed by atoms with van der Waals surface area (Å²) < 4.78 is 0. The molecule has 0 aliphatic carbocycles. The summed E-state index contributed by atoms with van der Waals surface area (Å²) in [5, 5.41) is 15.9. The Balaban J connectivity index is 1.15. The molecule has 0 bridgehead atoms. The van der Waals surface area contributed by atoms with Crippen molar-refractivity contribution >= 4 is 75.5 Å². The Morgan fingerprint density at radius 1 is 0.268 bits per heavy atom. The van der Waals surface area contributed by atoms with E-state index in [1.165, 1.54) is 59.2 Å².